The number of ether oxygens (including phenoxy) is 2. The third kappa shape index (κ3) is 3.75. The predicted octanol–water partition coefficient (Wildman–Crippen LogP) is 6.34. The third-order valence-corrected chi connectivity index (χ3v) is 7.81. The molecule has 174 valence electrons. The van der Waals surface area contributed by atoms with E-state index < -0.39 is 5.79 Å². The number of aromatic nitrogens is 4. The van der Waals surface area contributed by atoms with Crippen LogP contribution in [0.4, 0.5) is 0 Å². The lowest BCUT2D eigenvalue weighted by molar-refractivity contribution is -0.147. The Bertz CT molecular complexity index is 1460. The molecule has 1 aromatic carbocycles. The third-order valence-electron chi connectivity index (χ3n) is 6.71. The van der Waals surface area contributed by atoms with Gasteiger partial charge in [-0.05, 0) is 78.9 Å². The van der Waals surface area contributed by atoms with Crippen molar-refractivity contribution >= 4 is 49.5 Å². The van der Waals surface area contributed by atoms with Gasteiger partial charge in [0.15, 0.2) is 5.79 Å². The molecule has 0 saturated carbocycles. The van der Waals surface area contributed by atoms with E-state index in [0.717, 1.165) is 44.9 Å². The van der Waals surface area contributed by atoms with Crippen LogP contribution in [0.1, 0.15) is 37.6 Å². The zero-order valence-corrected chi connectivity index (χ0v) is 21.5. The minimum Gasteiger partial charge on any atom is -0.342 e. The van der Waals surface area contributed by atoms with Gasteiger partial charge in [-0.1, -0.05) is 29.8 Å². The highest BCUT2D eigenvalue weighted by atomic mass is 79.9. The van der Waals surface area contributed by atoms with Crippen molar-refractivity contribution in [3.05, 3.63) is 75.4 Å². The normalized spacial score (nSPS) is 23.6. The molecular formula is C26H24BrClN4O2. The maximum atomic E-state index is 6.37. The predicted molar refractivity (Wildman–Crippen MR) is 136 cm³/mol. The van der Waals surface area contributed by atoms with E-state index in [2.05, 4.69) is 60.8 Å². The van der Waals surface area contributed by atoms with Crippen molar-refractivity contribution in [2.24, 2.45) is 0 Å². The molecule has 0 amide bonds. The molecule has 2 aliphatic rings. The average molecular weight is 540 g/mol. The first-order valence-electron chi connectivity index (χ1n) is 11.4. The molecule has 0 radical (unpaired) electrons. The lowest BCUT2D eigenvalue weighted by Crippen LogP contribution is -2.27. The maximum Gasteiger partial charge on any atom is 0.164 e. The first-order valence-corrected chi connectivity index (χ1v) is 12.6. The van der Waals surface area contributed by atoms with Crippen molar-refractivity contribution in [2.45, 2.75) is 57.6 Å². The smallest absolute Gasteiger partial charge is 0.164 e. The number of nitrogens with zero attached hydrogens (tertiary/aromatic N) is 4. The molecule has 1 fully saturated rings. The van der Waals surface area contributed by atoms with E-state index in [1.165, 1.54) is 17.5 Å². The molecule has 4 heterocycles. The summed E-state index contributed by atoms with van der Waals surface area (Å²) in [6.45, 7) is 5.96. The Labute approximate surface area is 211 Å². The lowest BCUT2D eigenvalue weighted by Gasteiger charge is -2.22. The summed E-state index contributed by atoms with van der Waals surface area (Å²) in [7, 11) is 0. The molecule has 1 saturated heterocycles. The molecule has 0 unspecified atom stereocenters. The van der Waals surface area contributed by atoms with E-state index in [4.69, 9.17) is 26.1 Å². The molecule has 3 atom stereocenters. The number of halogens is 2. The number of aryl methyl sites for hydroxylation is 2. The van der Waals surface area contributed by atoms with Gasteiger partial charge in [-0.15, -0.1) is 0 Å². The number of benzene rings is 1. The standard InChI is InChI=1S/C26H24BrClN4O2/c1-14-19(27)11-16-6-4-15(10-20(16)31-14)5-7-17-12-21(23-22(17)33-26(2,3)34-23)32-9-8-18-24(28)29-13-30-25(18)32/h4,6,8-13,21-23H,5,7H2,1-3H3/t21-,22-,23+/m1/s1. The molecule has 3 aromatic heterocycles. The summed E-state index contributed by atoms with van der Waals surface area (Å²) in [4.78, 5) is 13.3. The average Bonchev–Trinajstić information content (AvgIpc) is 3.45. The number of fused-ring (bicyclic) bond motifs is 3. The van der Waals surface area contributed by atoms with Crippen LogP contribution in [0.15, 0.2) is 59.0 Å². The second-order valence-electron chi connectivity index (χ2n) is 9.46. The summed E-state index contributed by atoms with van der Waals surface area (Å²) >= 11 is 9.87. The number of hydrogen-bond donors (Lipinski definition) is 0. The van der Waals surface area contributed by atoms with Crippen LogP contribution in [0.5, 0.6) is 0 Å². The van der Waals surface area contributed by atoms with Crippen LogP contribution in [-0.2, 0) is 15.9 Å². The van der Waals surface area contributed by atoms with Crippen LogP contribution in [0, 0.1) is 6.92 Å². The van der Waals surface area contributed by atoms with Crippen LogP contribution >= 0.6 is 27.5 Å². The van der Waals surface area contributed by atoms with E-state index in [1.54, 1.807) is 0 Å². The molecule has 6 nitrogen and oxygen atoms in total. The SMILES string of the molecule is Cc1nc2cc(CCC3=C[C@@H](n4ccc5c(Cl)ncnc54)[C@@H]4OC(C)(C)O[C@H]34)ccc2cc1Br. The fourth-order valence-electron chi connectivity index (χ4n) is 5.11. The number of pyridine rings is 1. The Kier molecular flexibility index (Phi) is 5.30. The summed E-state index contributed by atoms with van der Waals surface area (Å²) in [5.41, 5.74) is 5.33. The molecule has 34 heavy (non-hydrogen) atoms. The van der Waals surface area contributed by atoms with E-state index in [1.807, 2.05) is 33.0 Å². The molecule has 8 heteroatoms. The van der Waals surface area contributed by atoms with Gasteiger partial charge in [0.1, 0.15) is 29.3 Å². The number of rotatable bonds is 4. The summed E-state index contributed by atoms with van der Waals surface area (Å²) in [5.74, 6) is -0.638. The first kappa shape index (κ1) is 22.2. The number of hydrogen-bond acceptors (Lipinski definition) is 5. The van der Waals surface area contributed by atoms with Gasteiger partial charge in [0.05, 0.1) is 22.6 Å². The zero-order valence-electron chi connectivity index (χ0n) is 19.1. The Balaban J connectivity index is 1.31. The van der Waals surface area contributed by atoms with Crippen molar-refractivity contribution in [1.82, 2.24) is 19.5 Å². The van der Waals surface area contributed by atoms with Crippen LogP contribution in [0.2, 0.25) is 5.15 Å². The minimum atomic E-state index is -0.638. The van der Waals surface area contributed by atoms with Crippen molar-refractivity contribution < 1.29 is 9.47 Å². The maximum absolute atomic E-state index is 6.37. The van der Waals surface area contributed by atoms with E-state index >= 15 is 0 Å². The molecule has 1 aliphatic heterocycles. The van der Waals surface area contributed by atoms with Crippen molar-refractivity contribution in [1.29, 1.82) is 0 Å². The second kappa shape index (κ2) is 8.12. The van der Waals surface area contributed by atoms with Crippen LogP contribution in [0.3, 0.4) is 0 Å². The Morgan fingerprint density at radius 3 is 2.82 bits per heavy atom. The lowest BCUT2D eigenvalue weighted by atomic mass is 10.0. The molecule has 0 N–H and O–H groups in total. The molecular weight excluding hydrogens is 516 g/mol. The van der Waals surface area contributed by atoms with Gasteiger partial charge in [0.25, 0.3) is 0 Å². The topological polar surface area (TPSA) is 62.1 Å². The highest BCUT2D eigenvalue weighted by Crippen LogP contribution is 2.45. The quantitative estimate of drug-likeness (QED) is 0.224. The Morgan fingerprint density at radius 1 is 1.12 bits per heavy atom. The van der Waals surface area contributed by atoms with Crippen molar-refractivity contribution in [2.75, 3.05) is 0 Å². The van der Waals surface area contributed by atoms with Gasteiger partial charge in [0, 0.05) is 16.1 Å². The molecule has 6 rings (SSSR count). The fourth-order valence-corrected chi connectivity index (χ4v) is 5.63. The van der Waals surface area contributed by atoms with Gasteiger partial charge in [-0.25, -0.2) is 9.97 Å². The highest BCUT2D eigenvalue weighted by molar-refractivity contribution is 9.10. The van der Waals surface area contributed by atoms with Gasteiger partial charge in [-0.2, -0.15) is 0 Å². The molecule has 0 bridgehead atoms. The van der Waals surface area contributed by atoms with E-state index in [-0.39, 0.29) is 18.2 Å². The van der Waals surface area contributed by atoms with Crippen LogP contribution in [-0.4, -0.2) is 37.5 Å². The minimum absolute atomic E-state index is 0.0245. The molecule has 4 aromatic rings. The summed E-state index contributed by atoms with van der Waals surface area (Å²) < 4.78 is 15.9. The van der Waals surface area contributed by atoms with Gasteiger partial charge >= 0.3 is 0 Å². The highest BCUT2D eigenvalue weighted by Gasteiger charge is 2.50. The van der Waals surface area contributed by atoms with Crippen LogP contribution < -0.4 is 0 Å². The van der Waals surface area contributed by atoms with Gasteiger partial charge < -0.3 is 14.0 Å². The van der Waals surface area contributed by atoms with E-state index in [9.17, 15) is 0 Å². The monoisotopic (exact) mass is 538 g/mol. The molecule has 1 aliphatic carbocycles. The molecule has 0 spiro atoms. The van der Waals surface area contributed by atoms with E-state index in [0.29, 0.717) is 5.15 Å². The first-order chi connectivity index (χ1) is 16.3. The second-order valence-corrected chi connectivity index (χ2v) is 10.7. The Hall–Kier alpha value is -2.32. The summed E-state index contributed by atoms with van der Waals surface area (Å²) in [5, 5.41) is 2.43. The largest absolute Gasteiger partial charge is 0.342 e. The summed E-state index contributed by atoms with van der Waals surface area (Å²) in [6, 6.07) is 10.6. The van der Waals surface area contributed by atoms with Gasteiger partial charge in [0.2, 0.25) is 0 Å². The van der Waals surface area contributed by atoms with Crippen molar-refractivity contribution in [3.63, 3.8) is 0 Å². The summed E-state index contributed by atoms with van der Waals surface area (Å²) in [6.07, 6.45) is 7.37. The Morgan fingerprint density at radius 2 is 1.97 bits per heavy atom. The van der Waals surface area contributed by atoms with Gasteiger partial charge in [-0.3, -0.25) is 4.98 Å². The fraction of sp³-hybridized carbons (Fsp3) is 0.346. The van der Waals surface area contributed by atoms with Crippen molar-refractivity contribution in [3.8, 4) is 0 Å². The zero-order chi connectivity index (χ0) is 23.6. The van der Waals surface area contributed by atoms with Crippen LogP contribution in [0.25, 0.3) is 21.9 Å².